The molecular weight excluding hydrogens is 344 g/mol. The SMILES string of the molecule is COC(=O)c1c(C)[nH]c(C(=O)O[C@@H](C)C(=O)NCc2cccs2)c1C. The average Bonchev–Trinajstić information content (AvgIpc) is 3.19. The minimum Gasteiger partial charge on any atom is -0.465 e. The third-order valence-corrected chi connectivity index (χ3v) is 4.58. The van der Waals surface area contributed by atoms with Crippen LogP contribution in [0.3, 0.4) is 0 Å². The van der Waals surface area contributed by atoms with Gasteiger partial charge in [-0.15, -0.1) is 11.3 Å². The zero-order valence-electron chi connectivity index (χ0n) is 14.5. The number of carbonyl (C=O) groups is 3. The first-order valence-corrected chi connectivity index (χ1v) is 8.51. The molecule has 1 atom stereocenters. The van der Waals surface area contributed by atoms with E-state index in [-0.39, 0.29) is 5.69 Å². The van der Waals surface area contributed by atoms with Gasteiger partial charge in [0.2, 0.25) is 0 Å². The molecule has 0 saturated heterocycles. The fourth-order valence-electron chi connectivity index (χ4n) is 2.37. The quantitative estimate of drug-likeness (QED) is 0.767. The summed E-state index contributed by atoms with van der Waals surface area (Å²) in [6.07, 6.45) is -0.961. The molecule has 0 spiro atoms. The first-order valence-electron chi connectivity index (χ1n) is 7.63. The van der Waals surface area contributed by atoms with E-state index in [1.165, 1.54) is 25.4 Å². The van der Waals surface area contributed by atoms with Gasteiger partial charge in [-0.25, -0.2) is 9.59 Å². The standard InChI is InChI=1S/C17H20N2O5S/c1-9-13(16(21)23-4)10(2)19-14(9)17(22)24-11(3)15(20)18-8-12-6-5-7-25-12/h5-7,11,19H,8H2,1-4H3,(H,18,20)/t11-/m0/s1. The van der Waals surface area contributed by atoms with E-state index in [9.17, 15) is 14.4 Å². The molecule has 8 heteroatoms. The summed E-state index contributed by atoms with van der Waals surface area (Å²) in [4.78, 5) is 39.9. The first-order chi connectivity index (χ1) is 11.8. The van der Waals surface area contributed by atoms with E-state index < -0.39 is 23.9 Å². The third-order valence-electron chi connectivity index (χ3n) is 3.70. The van der Waals surface area contributed by atoms with Gasteiger partial charge in [-0.05, 0) is 37.8 Å². The van der Waals surface area contributed by atoms with Crippen LogP contribution in [0.15, 0.2) is 17.5 Å². The first kappa shape index (κ1) is 18.7. The van der Waals surface area contributed by atoms with Crippen molar-refractivity contribution in [3.8, 4) is 0 Å². The lowest BCUT2D eigenvalue weighted by molar-refractivity contribution is -0.129. The molecule has 2 aromatic rings. The number of thiophene rings is 1. The van der Waals surface area contributed by atoms with E-state index in [0.29, 0.717) is 23.4 Å². The van der Waals surface area contributed by atoms with Crippen LogP contribution >= 0.6 is 11.3 Å². The number of esters is 2. The van der Waals surface area contributed by atoms with Crippen LogP contribution in [0.5, 0.6) is 0 Å². The predicted octanol–water partition coefficient (Wildman–Crippen LogP) is 2.34. The number of amides is 1. The molecule has 2 heterocycles. The Morgan fingerprint density at radius 3 is 2.60 bits per heavy atom. The van der Waals surface area contributed by atoms with Crippen molar-refractivity contribution in [2.24, 2.45) is 0 Å². The van der Waals surface area contributed by atoms with Gasteiger partial charge in [0.05, 0.1) is 19.2 Å². The van der Waals surface area contributed by atoms with E-state index in [4.69, 9.17) is 9.47 Å². The molecular formula is C17H20N2O5S. The molecule has 0 fully saturated rings. The summed E-state index contributed by atoms with van der Waals surface area (Å²) < 4.78 is 9.90. The van der Waals surface area contributed by atoms with Gasteiger partial charge in [0, 0.05) is 10.6 Å². The number of hydrogen-bond donors (Lipinski definition) is 2. The van der Waals surface area contributed by atoms with Crippen LogP contribution in [0, 0.1) is 13.8 Å². The summed E-state index contributed by atoms with van der Waals surface area (Å²) in [5.41, 5.74) is 1.37. The fraction of sp³-hybridized carbons (Fsp3) is 0.353. The van der Waals surface area contributed by atoms with Crippen molar-refractivity contribution in [1.29, 1.82) is 0 Å². The number of aryl methyl sites for hydroxylation is 1. The Morgan fingerprint density at radius 2 is 2.00 bits per heavy atom. The third kappa shape index (κ3) is 4.27. The van der Waals surface area contributed by atoms with Gasteiger partial charge in [0.15, 0.2) is 6.10 Å². The summed E-state index contributed by atoms with van der Waals surface area (Å²) >= 11 is 1.53. The van der Waals surface area contributed by atoms with Crippen LogP contribution in [-0.4, -0.2) is 36.0 Å². The van der Waals surface area contributed by atoms with Gasteiger partial charge < -0.3 is 19.8 Å². The smallest absolute Gasteiger partial charge is 0.355 e. The molecule has 0 aliphatic heterocycles. The zero-order chi connectivity index (χ0) is 18.6. The van der Waals surface area contributed by atoms with E-state index in [1.54, 1.807) is 13.8 Å². The number of methoxy groups -OCH3 is 1. The van der Waals surface area contributed by atoms with Crippen molar-refractivity contribution in [2.45, 2.75) is 33.4 Å². The second kappa shape index (κ2) is 7.98. The summed E-state index contributed by atoms with van der Waals surface area (Å²) in [6.45, 7) is 5.15. The molecule has 0 aliphatic rings. The molecule has 25 heavy (non-hydrogen) atoms. The van der Waals surface area contributed by atoms with Crippen LogP contribution < -0.4 is 5.32 Å². The number of aromatic nitrogens is 1. The zero-order valence-corrected chi connectivity index (χ0v) is 15.3. The number of H-pyrrole nitrogens is 1. The Hall–Kier alpha value is -2.61. The molecule has 0 radical (unpaired) electrons. The van der Waals surface area contributed by atoms with Crippen LogP contribution in [0.4, 0.5) is 0 Å². The van der Waals surface area contributed by atoms with E-state index in [0.717, 1.165) is 4.88 Å². The molecule has 2 rings (SSSR count). The number of nitrogens with one attached hydrogen (secondary N) is 2. The lowest BCUT2D eigenvalue weighted by atomic mass is 10.1. The predicted molar refractivity (Wildman–Crippen MR) is 92.6 cm³/mol. The summed E-state index contributed by atoms with van der Waals surface area (Å²) in [5, 5.41) is 4.63. The van der Waals surface area contributed by atoms with Crippen molar-refractivity contribution in [2.75, 3.05) is 7.11 Å². The normalized spacial score (nSPS) is 11.7. The number of ether oxygens (including phenoxy) is 2. The minimum atomic E-state index is -0.961. The highest BCUT2D eigenvalue weighted by molar-refractivity contribution is 7.09. The van der Waals surface area contributed by atoms with Gasteiger partial charge in [-0.3, -0.25) is 4.79 Å². The van der Waals surface area contributed by atoms with Crippen molar-refractivity contribution >= 4 is 29.2 Å². The lowest BCUT2D eigenvalue weighted by Gasteiger charge is -2.13. The maximum absolute atomic E-state index is 12.3. The van der Waals surface area contributed by atoms with Crippen molar-refractivity contribution in [1.82, 2.24) is 10.3 Å². The van der Waals surface area contributed by atoms with Crippen molar-refractivity contribution in [3.05, 3.63) is 44.9 Å². The molecule has 0 unspecified atom stereocenters. The summed E-state index contributed by atoms with van der Waals surface area (Å²) in [6, 6.07) is 3.80. The molecule has 0 bridgehead atoms. The van der Waals surface area contributed by atoms with Crippen molar-refractivity contribution < 1.29 is 23.9 Å². The average molecular weight is 364 g/mol. The van der Waals surface area contributed by atoms with Gasteiger partial charge in [0.1, 0.15) is 5.69 Å². The van der Waals surface area contributed by atoms with Crippen molar-refractivity contribution in [3.63, 3.8) is 0 Å². The highest BCUT2D eigenvalue weighted by Gasteiger charge is 2.26. The molecule has 2 N–H and O–H groups in total. The monoisotopic (exact) mass is 364 g/mol. The fourth-order valence-corrected chi connectivity index (χ4v) is 3.01. The number of rotatable bonds is 6. The molecule has 2 aromatic heterocycles. The highest BCUT2D eigenvalue weighted by atomic mass is 32.1. The largest absolute Gasteiger partial charge is 0.465 e. The molecule has 0 aromatic carbocycles. The summed E-state index contributed by atoms with van der Waals surface area (Å²) in [7, 11) is 1.27. The van der Waals surface area contributed by atoms with Crippen LogP contribution in [-0.2, 0) is 20.8 Å². The molecule has 134 valence electrons. The van der Waals surface area contributed by atoms with Gasteiger partial charge >= 0.3 is 11.9 Å². The van der Waals surface area contributed by atoms with Crippen LogP contribution in [0.1, 0.15) is 43.9 Å². The maximum Gasteiger partial charge on any atom is 0.355 e. The van der Waals surface area contributed by atoms with Crippen LogP contribution in [0.25, 0.3) is 0 Å². The Bertz CT molecular complexity index is 779. The van der Waals surface area contributed by atoms with Gasteiger partial charge in [0.25, 0.3) is 5.91 Å². The second-order valence-corrected chi connectivity index (χ2v) is 6.49. The number of hydrogen-bond acceptors (Lipinski definition) is 6. The summed E-state index contributed by atoms with van der Waals surface area (Å²) in [5.74, 6) is -1.63. The van der Waals surface area contributed by atoms with Crippen LogP contribution in [0.2, 0.25) is 0 Å². The van der Waals surface area contributed by atoms with Gasteiger partial charge in [-0.2, -0.15) is 0 Å². The molecule has 1 amide bonds. The maximum atomic E-state index is 12.3. The number of carbonyl (C=O) groups excluding carboxylic acids is 3. The van der Waals surface area contributed by atoms with E-state index in [1.807, 2.05) is 17.5 Å². The second-order valence-electron chi connectivity index (χ2n) is 5.46. The Morgan fingerprint density at radius 1 is 1.28 bits per heavy atom. The Labute approximate surface area is 149 Å². The Kier molecular flexibility index (Phi) is 5.97. The topological polar surface area (TPSA) is 97.5 Å². The van der Waals surface area contributed by atoms with E-state index in [2.05, 4.69) is 10.3 Å². The minimum absolute atomic E-state index is 0.135. The molecule has 0 aliphatic carbocycles. The van der Waals surface area contributed by atoms with Gasteiger partial charge in [-0.1, -0.05) is 6.07 Å². The Balaban J connectivity index is 2.01. The number of aromatic amines is 1. The molecule has 7 nitrogen and oxygen atoms in total. The highest BCUT2D eigenvalue weighted by Crippen LogP contribution is 2.20. The molecule has 0 saturated carbocycles. The lowest BCUT2D eigenvalue weighted by Crippen LogP contribution is -2.35. The van der Waals surface area contributed by atoms with E-state index >= 15 is 0 Å².